The summed E-state index contributed by atoms with van der Waals surface area (Å²) in [7, 11) is 4.13. The van der Waals surface area contributed by atoms with Crippen molar-refractivity contribution in [3.05, 3.63) is 29.8 Å². The van der Waals surface area contributed by atoms with E-state index in [1.165, 1.54) is 19.0 Å². The molecule has 0 amide bonds. The first-order chi connectivity index (χ1) is 9.62. The van der Waals surface area contributed by atoms with Crippen LogP contribution in [0.5, 0.6) is 0 Å². The molecule has 0 aliphatic heterocycles. The molecule has 1 aliphatic rings. The summed E-state index contributed by atoms with van der Waals surface area (Å²) in [5, 5.41) is 0. The lowest BCUT2D eigenvalue weighted by Crippen LogP contribution is -2.55. The average Bonchev–Trinajstić information content (AvgIpc) is 2.69. The van der Waals surface area contributed by atoms with Crippen molar-refractivity contribution in [1.82, 2.24) is 15.3 Å². The molecule has 5 heteroatoms. The highest BCUT2D eigenvalue weighted by molar-refractivity contribution is 5.23. The van der Waals surface area contributed by atoms with E-state index in [1.54, 1.807) is 12.3 Å². The zero-order valence-corrected chi connectivity index (χ0v) is 12.4. The Hall–Kier alpha value is -1.04. The Kier molecular flexibility index (Phi) is 5.07. The maximum atomic E-state index is 14.1. The SMILES string of the molecule is CN(C)C1(C(NN)c2ccncc2F)CCCCCC1. The van der Waals surface area contributed by atoms with Crippen LogP contribution in [0, 0.1) is 5.82 Å². The van der Waals surface area contributed by atoms with E-state index >= 15 is 0 Å². The van der Waals surface area contributed by atoms with Crippen LogP contribution in [-0.4, -0.2) is 29.5 Å². The summed E-state index contributed by atoms with van der Waals surface area (Å²) in [5.74, 6) is 5.52. The van der Waals surface area contributed by atoms with Crippen LogP contribution in [-0.2, 0) is 0 Å². The number of hydrogen-bond acceptors (Lipinski definition) is 4. The van der Waals surface area contributed by atoms with Gasteiger partial charge in [-0.25, -0.2) is 4.39 Å². The van der Waals surface area contributed by atoms with Gasteiger partial charge in [0.15, 0.2) is 0 Å². The minimum atomic E-state index is -0.291. The monoisotopic (exact) mass is 280 g/mol. The van der Waals surface area contributed by atoms with Gasteiger partial charge in [-0.2, -0.15) is 0 Å². The van der Waals surface area contributed by atoms with Crippen molar-refractivity contribution in [3.8, 4) is 0 Å². The smallest absolute Gasteiger partial charge is 0.146 e. The van der Waals surface area contributed by atoms with Crippen LogP contribution in [0.2, 0.25) is 0 Å². The summed E-state index contributed by atoms with van der Waals surface area (Å²) in [6.07, 6.45) is 9.74. The van der Waals surface area contributed by atoms with Crippen LogP contribution in [0.25, 0.3) is 0 Å². The van der Waals surface area contributed by atoms with Crippen molar-refractivity contribution in [2.24, 2.45) is 5.84 Å². The van der Waals surface area contributed by atoms with Gasteiger partial charge < -0.3 is 4.90 Å². The Bertz CT molecular complexity index is 428. The van der Waals surface area contributed by atoms with Crippen LogP contribution in [0.3, 0.4) is 0 Å². The molecule has 1 fully saturated rings. The highest BCUT2D eigenvalue weighted by atomic mass is 19.1. The van der Waals surface area contributed by atoms with Gasteiger partial charge in [-0.1, -0.05) is 25.7 Å². The highest BCUT2D eigenvalue weighted by Crippen LogP contribution is 2.41. The summed E-state index contributed by atoms with van der Waals surface area (Å²) in [5.41, 5.74) is 3.33. The number of nitrogens with two attached hydrogens (primary N) is 1. The number of nitrogens with zero attached hydrogens (tertiary/aromatic N) is 2. The number of rotatable bonds is 4. The standard InChI is InChI=1S/C15H25FN4/c1-20(2)15(8-5-3-4-6-9-15)14(19-17)12-7-10-18-11-13(12)16/h7,10-11,14,19H,3-6,8-9,17H2,1-2H3. The molecule has 1 saturated carbocycles. The molecule has 112 valence electrons. The second-order valence-electron chi connectivity index (χ2n) is 5.91. The molecule has 1 atom stereocenters. The Balaban J connectivity index is 2.42. The van der Waals surface area contributed by atoms with Crippen molar-refractivity contribution >= 4 is 0 Å². The third-order valence-electron chi connectivity index (χ3n) is 4.68. The summed E-state index contributed by atoms with van der Waals surface area (Å²) in [4.78, 5) is 6.05. The number of pyridine rings is 1. The number of halogens is 1. The first-order valence-corrected chi connectivity index (χ1v) is 7.35. The molecular weight excluding hydrogens is 255 g/mol. The van der Waals surface area contributed by atoms with Gasteiger partial charge in [0.2, 0.25) is 0 Å². The average molecular weight is 280 g/mol. The van der Waals surface area contributed by atoms with Gasteiger partial charge in [0.25, 0.3) is 0 Å². The molecule has 3 N–H and O–H groups in total. The molecule has 20 heavy (non-hydrogen) atoms. The molecule has 1 unspecified atom stereocenters. The number of hydrazine groups is 1. The fraction of sp³-hybridized carbons (Fsp3) is 0.667. The maximum Gasteiger partial charge on any atom is 0.146 e. The fourth-order valence-electron chi connectivity index (χ4n) is 3.49. The van der Waals surface area contributed by atoms with Gasteiger partial charge in [0.1, 0.15) is 5.82 Å². The lowest BCUT2D eigenvalue weighted by atomic mass is 9.78. The summed E-state index contributed by atoms with van der Waals surface area (Å²) < 4.78 is 14.1. The van der Waals surface area contributed by atoms with E-state index in [0.29, 0.717) is 5.56 Å². The highest BCUT2D eigenvalue weighted by Gasteiger charge is 2.42. The Morgan fingerprint density at radius 3 is 2.45 bits per heavy atom. The summed E-state index contributed by atoms with van der Waals surface area (Å²) in [6.45, 7) is 0. The van der Waals surface area contributed by atoms with E-state index in [2.05, 4.69) is 29.4 Å². The largest absolute Gasteiger partial charge is 0.302 e. The van der Waals surface area contributed by atoms with Crippen LogP contribution in [0.4, 0.5) is 4.39 Å². The van der Waals surface area contributed by atoms with Gasteiger partial charge >= 0.3 is 0 Å². The second kappa shape index (κ2) is 6.61. The zero-order chi connectivity index (χ0) is 14.6. The third-order valence-corrected chi connectivity index (χ3v) is 4.68. The zero-order valence-electron chi connectivity index (χ0n) is 12.4. The fourth-order valence-corrected chi connectivity index (χ4v) is 3.49. The molecule has 0 saturated heterocycles. The van der Waals surface area contributed by atoms with Gasteiger partial charge in [0.05, 0.1) is 12.2 Å². The molecular formula is C15H25FN4. The van der Waals surface area contributed by atoms with Crippen LogP contribution in [0.1, 0.15) is 50.1 Å². The van der Waals surface area contributed by atoms with Gasteiger partial charge in [-0.15, -0.1) is 0 Å². The van der Waals surface area contributed by atoms with Crippen molar-refractivity contribution in [3.63, 3.8) is 0 Å². The van der Waals surface area contributed by atoms with E-state index in [-0.39, 0.29) is 17.4 Å². The van der Waals surface area contributed by atoms with Crippen LogP contribution in [0.15, 0.2) is 18.5 Å². The lowest BCUT2D eigenvalue weighted by Gasteiger charge is -2.45. The molecule has 2 rings (SSSR count). The van der Waals surface area contributed by atoms with Gasteiger partial charge in [0, 0.05) is 17.3 Å². The van der Waals surface area contributed by atoms with Gasteiger partial charge in [-0.05, 0) is 33.0 Å². The molecule has 0 radical (unpaired) electrons. The molecule has 1 aromatic heterocycles. The van der Waals surface area contributed by atoms with E-state index in [0.717, 1.165) is 25.7 Å². The predicted molar refractivity (Wildman–Crippen MR) is 78.4 cm³/mol. The Labute approximate surface area is 120 Å². The van der Waals surface area contributed by atoms with E-state index in [1.807, 2.05) is 0 Å². The first kappa shape index (κ1) is 15.4. The maximum absolute atomic E-state index is 14.1. The molecule has 4 nitrogen and oxygen atoms in total. The van der Waals surface area contributed by atoms with Crippen molar-refractivity contribution in [2.45, 2.75) is 50.1 Å². The number of hydrogen-bond donors (Lipinski definition) is 2. The quantitative estimate of drug-likeness (QED) is 0.505. The Morgan fingerprint density at radius 2 is 1.95 bits per heavy atom. The van der Waals surface area contributed by atoms with Crippen molar-refractivity contribution in [1.29, 1.82) is 0 Å². The minimum absolute atomic E-state index is 0.145. The van der Waals surface area contributed by atoms with E-state index in [4.69, 9.17) is 5.84 Å². The summed E-state index contributed by atoms with van der Waals surface area (Å²) >= 11 is 0. The molecule has 0 spiro atoms. The number of likely N-dealkylation sites (N-methyl/N-ethyl adjacent to an activating group) is 1. The minimum Gasteiger partial charge on any atom is -0.302 e. The van der Waals surface area contributed by atoms with Crippen molar-refractivity contribution < 1.29 is 4.39 Å². The van der Waals surface area contributed by atoms with Crippen molar-refractivity contribution in [2.75, 3.05) is 14.1 Å². The van der Waals surface area contributed by atoms with Crippen LogP contribution < -0.4 is 11.3 Å². The lowest BCUT2D eigenvalue weighted by molar-refractivity contribution is 0.0783. The third kappa shape index (κ3) is 2.85. The Morgan fingerprint density at radius 1 is 1.30 bits per heavy atom. The number of nitrogens with one attached hydrogen (secondary N) is 1. The normalized spacial score (nSPS) is 20.6. The molecule has 0 bridgehead atoms. The summed E-state index contributed by atoms with van der Waals surface area (Å²) in [6, 6.07) is 1.51. The topological polar surface area (TPSA) is 54.2 Å². The second-order valence-corrected chi connectivity index (χ2v) is 5.91. The number of aromatic nitrogens is 1. The molecule has 1 aromatic rings. The van der Waals surface area contributed by atoms with E-state index < -0.39 is 0 Å². The van der Waals surface area contributed by atoms with Crippen LogP contribution >= 0.6 is 0 Å². The van der Waals surface area contributed by atoms with E-state index in [9.17, 15) is 4.39 Å². The molecule has 1 heterocycles. The molecule has 1 aliphatic carbocycles. The first-order valence-electron chi connectivity index (χ1n) is 7.35. The predicted octanol–water partition coefficient (Wildman–Crippen LogP) is 2.38. The van der Waals surface area contributed by atoms with Gasteiger partial charge in [-0.3, -0.25) is 16.3 Å². The molecule has 0 aromatic carbocycles.